The van der Waals surface area contributed by atoms with Gasteiger partial charge in [0.15, 0.2) is 0 Å². The minimum absolute atomic E-state index is 0.0122. The van der Waals surface area contributed by atoms with Gasteiger partial charge in [0, 0.05) is 36.0 Å². The van der Waals surface area contributed by atoms with E-state index in [0.717, 1.165) is 5.56 Å². The number of nitrogens with zero attached hydrogens (tertiary/aromatic N) is 4. The van der Waals surface area contributed by atoms with Crippen molar-refractivity contribution in [2.75, 3.05) is 6.54 Å². The van der Waals surface area contributed by atoms with E-state index < -0.39 is 10.8 Å². The van der Waals surface area contributed by atoms with Crippen molar-refractivity contribution in [3.63, 3.8) is 0 Å². The number of benzene rings is 1. The molecule has 4 N–H and O–H groups in total. The molecule has 0 unspecified atom stereocenters. The highest BCUT2D eigenvalue weighted by molar-refractivity contribution is 5.92. The van der Waals surface area contributed by atoms with Gasteiger partial charge in [0.1, 0.15) is 5.69 Å². The Bertz CT molecular complexity index is 998. The van der Waals surface area contributed by atoms with Crippen LogP contribution >= 0.6 is 0 Å². The zero-order chi connectivity index (χ0) is 19.4. The lowest BCUT2D eigenvalue weighted by Crippen LogP contribution is -2.18. The van der Waals surface area contributed by atoms with Gasteiger partial charge in [0.2, 0.25) is 0 Å². The number of pyridine rings is 1. The number of carbonyl (C=O) groups excluding carboxylic acids is 1. The Balaban J connectivity index is 2.00. The Kier molecular flexibility index (Phi) is 5.23. The predicted molar refractivity (Wildman–Crippen MR) is 99.7 cm³/mol. The van der Waals surface area contributed by atoms with Crippen LogP contribution in [0.25, 0.3) is 22.5 Å². The number of non-ortho nitro benzene ring substituents is 1. The smallest absolute Gasteiger partial charge is 0.270 e. The molecule has 0 aliphatic carbocycles. The van der Waals surface area contributed by atoms with Gasteiger partial charge in [-0.15, -0.1) is 0 Å². The molecule has 1 aromatic carbocycles. The van der Waals surface area contributed by atoms with Crippen LogP contribution in [0, 0.1) is 10.1 Å². The van der Waals surface area contributed by atoms with Crippen molar-refractivity contribution in [3.05, 3.63) is 64.5 Å². The maximum Gasteiger partial charge on any atom is 0.270 e. The molecule has 0 fully saturated rings. The van der Waals surface area contributed by atoms with E-state index in [-0.39, 0.29) is 5.69 Å². The lowest BCUT2D eigenvalue weighted by atomic mass is 10.1. The first-order chi connectivity index (χ1) is 13.0. The van der Waals surface area contributed by atoms with Crippen LogP contribution < -0.4 is 11.5 Å². The van der Waals surface area contributed by atoms with E-state index in [1.54, 1.807) is 36.5 Å². The number of hydrogen-bond donors (Lipinski definition) is 2. The molecule has 9 nitrogen and oxygen atoms in total. The van der Waals surface area contributed by atoms with Crippen molar-refractivity contribution in [1.82, 2.24) is 14.8 Å². The van der Waals surface area contributed by atoms with Gasteiger partial charge in [-0.25, -0.2) is 0 Å². The van der Waals surface area contributed by atoms with Crippen LogP contribution in [0.5, 0.6) is 0 Å². The third-order valence-corrected chi connectivity index (χ3v) is 4.01. The highest BCUT2D eigenvalue weighted by Crippen LogP contribution is 2.26. The van der Waals surface area contributed by atoms with Crippen molar-refractivity contribution in [3.8, 4) is 22.5 Å². The summed E-state index contributed by atoms with van der Waals surface area (Å²) in [5, 5.41) is 15.4. The molecular weight excluding hydrogens is 348 g/mol. The van der Waals surface area contributed by atoms with E-state index in [1.165, 1.54) is 16.8 Å². The third kappa shape index (κ3) is 3.98. The summed E-state index contributed by atoms with van der Waals surface area (Å²) in [6.07, 6.45) is 2.25. The highest BCUT2D eigenvalue weighted by Gasteiger charge is 2.15. The summed E-state index contributed by atoms with van der Waals surface area (Å²) in [6.45, 7) is 0.956. The fourth-order valence-electron chi connectivity index (χ4n) is 2.69. The van der Waals surface area contributed by atoms with E-state index in [0.29, 0.717) is 42.2 Å². The Morgan fingerprint density at radius 3 is 2.63 bits per heavy atom. The zero-order valence-electron chi connectivity index (χ0n) is 14.4. The minimum atomic E-state index is -0.571. The molecule has 0 atom stereocenters. The summed E-state index contributed by atoms with van der Waals surface area (Å²) < 4.78 is 1.54. The summed E-state index contributed by atoms with van der Waals surface area (Å²) in [4.78, 5) is 26.5. The van der Waals surface area contributed by atoms with Crippen LogP contribution in [0.4, 0.5) is 5.69 Å². The molecule has 0 bridgehead atoms. The van der Waals surface area contributed by atoms with Gasteiger partial charge in [0.25, 0.3) is 11.6 Å². The zero-order valence-corrected chi connectivity index (χ0v) is 14.4. The molecule has 0 aliphatic rings. The number of nitro groups is 1. The van der Waals surface area contributed by atoms with Crippen LogP contribution in [0.1, 0.15) is 16.9 Å². The summed E-state index contributed by atoms with van der Waals surface area (Å²) in [5.74, 6) is -0.571. The number of nitrogens with two attached hydrogens (primary N) is 2. The number of aryl methyl sites for hydroxylation is 1. The lowest BCUT2D eigenvalue weighted by Gasteiger charge is -2.04. The fraction of sp³-hybridized carbons (Fsp3) is 0.167. The van der Waals surface area contributed by atoms with Crippen molar-refractivity contribution in [1.29, 1.82) is 0 Å². The Labute approximate surface area is 154 Å². The first-order valence-corrected chi connectivity index (χ1v) is 8.28. The molecule has 3 aromatic rings. The number of primary amides is 1. The average molecular weight is 366 g/mol. The Morgan fingerprint density at radius 2 is 1.93 bits per heavy atom. The molecular formula is C18H18N6O3. The molecule has 27 heavy (non-hydrogen) atoms. The average Bonchev–Trinajstić information content (AvgIpc) is 3.11. The van der Waals surface area contributed by atoms with Crippen molar-refractivity contribution < 1.29 is 9.72 Å². The molecule has 0 saturated carbocycles. The fourth-order valence-corrected chi connectivity index (χ4v) is 2.69. The van der Waals surface area contributed by atoms with Crippen LogP contribution in [0.3, 0.4) is 0 Å². The molecule has 138 valence electrons. The first kappa shape index (κ1) is 18.2. The maximum atomic E-state index is 11.7. The largest absolute Gasteiger partial charge is 0.364 e. The Morgan fingerprint density at radius 1 is 1.15 bits per heavy atom. The molecule has 0 aliphatic heterocycles. The second-order valence-electron chi connectivity index (χ2n) is 5.88. The molecule has 2 aromatic heterocycles. The minimum Gasteiger partial charge on any atom is -0.364 e. The molecule has 0 radical (unpaired) electrons. The van der Waals surface area contributed by atoms with Crippen LogP contribution in [0.2, 0.25) is 0 Å². The van der Waals surface area contributed by atoms with Gasteiger partial charge in [-0.05, 0) is 31.2 Å². The normalized spacial score (nSPS) is 10.7. The molecule has 0 saturated heterocycles. The van der Waals surface area contributed by atoms with Gasteiger partial charge in [-0.3, -0.25) is 24.6 Å². The monoisotopic (exact) mass is 366 g/mol. The third-order valence-electron chi connectivity index (χ3n) is 4.01. The number of rotatable bonds is 7. The van der Waals surface area contributed by atoms with Gasteiger partial charge >= 0.3 is 0 Å². The number of carbonyl (C=O) groups is 1. The molecule has 0 spiro atoms. The van der Waals surface area contributed by atoms with E-state index in [1.807, 2.05) is 0 Å². The number of amides is 1. The summed E-state index contributed by atoms with van der Waals surface area (Å²) in [5.41, 5.74) is 13.7. The van der Waals surface area contributed by atoms with Gasteiger partial charge in [0.05, 0.1) is 16.3 Å². The second-order valence-corrected chi connectivity index (χ2v) is 5.88. The van der Waals surface area contributed by atoms with Gasteiger partial charge in [-0.1, -0.05) is 12.1 Å². The van der Waals surface area contributed by atoms with E-state index in [4.69, 9.17) is 11.5 Å². The van der Waals surface area contributed by atoms with Crippen molar-refractivity contribution >= 4 is 11.6 Å². The summed E-state index contributed by atoms with van der Waals surface area (Å²) in [7, 11) is 0. The molecule has 3 rings (SSSR count). The van der Waals surface area contributed by atoms with Crippen LogP contribution in [0.15, 0.2) is 48.7 Å². The topological polar surface area (TPSA) is 143 Å². The van der Waals surface area contributed by atoms with Gasteiger partial charge < -0.3 is 11.5 Å². The summed E-state index contributed by atoms with van der Waals surface area (Å²) in [6, 6.07) is 11.4. The standard InChI is InChI=1S/C18H18N6O3/c19-6-2-8-23-17(18(20)25)11-16(22-23)13-5-7-21-15(10-13)12-3-1-4-14(9-12)24(26)27/h1,3-5,7,9-11H,2,6,8,19H2,(H2,20,25). The van der Waals surface area contributed by atoms with Crippen LogP contribution in [-0.2, 0) is 6.54 Å². The highest BCUT2D eigenvalue weighted by atomic mass is 16.6. The van der Waals surface area contributed by atoms with Gasteiger partial charge in [-0.2, -0.15) is 5.10 Å². The van der Waals surface area contributed by atoms with E-state index >= 15 is 0 Å². The summed E-state index contributed by atoms with van der Waals surface area (Å²) >= 11 is 0. The number of nitro benzene ring substituents is 1. The molecule has 9 heteroatoms. The van der Waals surface area contributed by atoms with E-state index in [9.17, 15) is 14.9 Å². The SMILES string of the molecule is NCCCn1nc(-c2ccnc(-c3cccc([N+](=O)[O-])c3)c2)cc1C(N)=O. The van der Waals surface area contributed by atoms with Crippen LogP contribution in [-0.4, -0.2) is 32.1 Å². The lowest BCUT2D eigenvalue weighted by molar-refractivity contribution is -0.384. The van der Waals surface area contributed by atoms with E-state index in [2.05, 4.69) is 10.1 Å². The number of hydrogen-bond acceptors (Lipinski definition) is 6. The molecule has 2 heterocycles. The Hall–Kier alpha value is -3.59. The number of aromatic nitrogens is 3. The molecule has 1 amide bonds. The quantitative estimate of drug-likeness (QED) is 0.483. The first-order valence-electron chi connectivity index (χ1n) is 8.28. The maximum absolute atomic E-state index is 11.7. The van der Waals surface area contributed by atoms with Crippen molar-refractivity contribution in [2.45, 2.75) is 13.0 Å². The van der Waals surface area contributed by atoms with Crippen molar-refractivity contribution in [2.24, 2.45) is 11.5 Å². The second kappa shape index (κ2) is 7.75. The predicted octanol–water partition coefficient (Wildman–Crippen LogP) is 1.97.